The van der Waals surface area contributed by atoms with Gasteiger partial charge in [0.1, 0.15) is 12.1 Å². The van der Waals surface area contributed by atoms with E-state index in [1.807, 2.05) is 6.07 Å². The number of carboxylic acids is 1. The summed E-state index contributed by atoms with van der Waals surface area (Å²) < 4.78 is 0. The van der Waals surface area contributed by atoms with E-state index < -0.39 is 24.0 Å². The third-order valence-corrected chi connectivity index (χ3v) is 7.01. The zero-order valence-electron chi connectivity index (χ0n) is 20.2. The van der Waals surface area contributed by atoms with E-state index in [9.17, 15) is 24.3 Å². The van der Waals surface area contributed by atoms with Crippen LogP contribution in [0.5, 0.6) is 0 Å². The number of likely N-dealkylation sites (tertiary alicyclic amines) is 1. The Morgan fingerprint density at radius 2 is 1.63 bits per heavy atom. The van der Waals surface area contributed by atoms with Crippen LogP contribution < -0.4 is 10.6 Å². The second kappa shape index (κ2) is 12.1. The van der Waals surface area contributed by atoms with Gasteiger partial charge in [0.15, 0.2) is 0 Å². The number of hydrogen-bond acceptors (Lipinski definition) is 4. The van der Waals surface area contributed by atoms with Crippen LogP contribution in [0.15, 0.2) is 72.8 Å². The summed E-state index contributed by atoms with van der Waals surface area (Å²) in [6.45, 7) is 0.154. The van der Waals surface area contributed by atoms with Gasteiger partial charge in [-0.15, -0.1) is 0 Å². The number of carboxylic acid groups (broad SMARTS) is 1. The Morgan fingerprint density at radius 3 is 2.29 bits per heavy atom. The fraction of sp³-hybridized carbons (Fsp3) is 0.214. The van der Waals surface area contributed by atoms with Crippen LogP contribution in [0, 0.1) is 0 Å². The number of benzene rings is 3. The van der Waals surface area contributed by atoms with Crippen LogP contribution in [-0.4, -0.2) is 45.8 Å². The lowest BCUT2D eigenvalue weighted by Crippen LogP contribution is -2.50. The second-order valence-electron chi connectivity index (χ2n) is 8.95. The van der Waals surface area contributed by atoms with Crippen LogP contribution in [0.1, 0.15) is 34.3 Å². The first-order chi connectivity index (χ1) is 18.2. The Bertz CT molecular complexity index is 1350. The van der Waals surface area contributed by atoms with E-state index in [1.165, 1.54) is 4.90 Å². The molecule has 3 N–H and O–H groups in total. The van der Waals surface area contributed by atoms with Crippen LogP contribution in [0.3, 0.4) is 0 Å². The zero-order chi connectivity index (χ0) is 27.2. The van der Waals surface area contributed by atoms with E-state index >= 15 is 0 Å². The summed E-state index contributed by atoms with van der Waals surface area (Å²) in [4.78, 5) is 51.3. The predicted octanol–water partition coefficient (Wildman–Crippen LogP) is 4.55. The number of carbonyl (C=O) groups excluding carboxylic acids is 3. The van der Waals surface area contributed by atoms with Crippen molar-refractivity contribution in [2.45, 2.75) is 37.9 Å². The van der Waals surface area contributed by atoms with Gasteiger partial charge in [-0.1, -0.05) is 59.6 Å². The molecule has 3 aromatic carbocycles. The summed E-state index contributed by atoms with van der Waals surface area (Å²) in [5, 5.41) is 15.9. The number of nitrogens with zero attached hydrogens (tertiary/aromatic N) is 1. The van der Waals surface area contributed by atoms with Crippen LogP contribution in [0.25, 0.3) is 0 Å². The molecule has 1 saturated heterocycles. The molecule has 1 heterocycles. The highest BCUT2D eigenvalue weighted by Crippen LogP contribution is 2.26. The number of aliphatic carboxylic acids is 1. The van der Waals surface area contributed by atoms with E-state index in [4.69, 9.17) is 23.2 Å². The molecular weight excluding hydrogens is 529 g/mol. The summed E-state index contributed by atoms with van der Waals surface area (Å²) in [5.41, 5.74) is 2.44. The molecule has 1 aliphatic heterocycles. The monoisotopic (exact) mass is 553 g/mol. The molecule has 0 unspecified atom stereocenters. The Morgan fingerprint density at radius 1 is 0.947 bits per heavy atom. The zero-order valence-corrected chi connectivity index (χ0v) is 21.7. The van der Waals surface area contributed by atoms with E-state index in [1.54, 1.807) is 66.7 Å². The third-order valence-electron chi connectivity index (χ3n) is 6.27. The standard InChI is InChI=1S/C28H25Cl2N3O5/c29-21-11-8-18(14-22(21)30)16-33-24(12-13-25(33)34)27(36)32-23(28(37)38)15-17-6-9-20(10-7-17)31-26(35)19-4-2-1-3-5-19/h1-11,14,23-24H,12-13,15-16H2,(H,31,35)(H,32,36)(H,37,38)/t23-,24-/m0/s1. The van der Waals surface area contributed by atoms with Crippen LogP contribution >= 0.6 is 23.2 Å². The molecular formula is C28H25Cl2N3O5. The Kier molecular flexibility index (Phi) is 8.66. The van der Waals surface area contributed by atoms with Crippen molar-refractivity contribution >= 4 is 52.6 Å². The van der Waals surface area contributed by atoms with Gasteiger partial charge in [-0.05, 0) is 53.9 Å². The first-order valence-electron chi connectivity index (χ1n) is 11.9. The maximum atomic E-state index is 13.1. The Balaban J connectivity index is 1.38. The van der Waals surface area contributed by atoms with Gasteiger partial charge < -0.3 is 20.6 Å². The van der Waals surface area contributed by atoms with Crippen molar-refractivity contribution in [3.8, 4) is 0 Å². The van der Waals surface area contributed by atoms with E-state index in [2.05, 4.69) is 10.6 Å². The second-order valence-corrected chi connectivity index (χ2v) is 9.76. The number of amides is 3. The highest BCUT2D eigenvalue weighted by atomic mass is 35.5. The number of halogens is 2. The minimum Gasteiger partial charge on any atom is -0.480 e. The molecule has 0 aromatic heterocycles. The van der Waals surface area contributed by atoms with Crippen molar-refractivity contribution in [1.82, 2.24) is 10.2 Å². The first-order valence-corrected chi connectivity index (χ1v) is 12.7. The molecule has 0 bridgehead atoms. The van der Waals surface area contributed by atoms with Crippen LogP contribution in [-0.2, 0) is 27.3 Å². The maximum absolute atomic E-state index is 13.1. The molecule has 0 radical (unpaired) electrons. The van der Waals surface area contributed by atoms with Crippen molar-refractivity contribution in [3.05, 3.63) is 99.5 Å². The molecule has 0 saturated carbocycles. The molecule has 0 spiro atoms. The Hall–Kier alpha value is -3.88. The van der Waals surface area contributed by atoms with E-state index in [-0.39, 0.29) is 37.6 Å². The largest absolute Gasteiger partial charge is 0.480 e. The van der Waals surface area contributed by atoms with Crippen LogP contribution in [0.4, 0.5) is 5.69 Å². The van der Waals surface area contributed by atoms with Crippen molar-refractivity contribution in [2.24, 2.45) is 0 Å². The van der Waals surface area contributed by atoms with Gasteiger partial charge >= 0.3 is 5.97 Å². The summed E-state index contributed by atoms with van der Waals surface area (Å²) in [6.07, 6.45) is 0.503. The topological polar surface area (TPSA) is 116 Å². The van der Waals surface area contributed by atoms with Gasteiger partial charge in [0, 0.05) is 30.6 Å². The SMILES string of the molecule is O=C(Nc1ccc(C[C@H](NC(=O)[C@@H]2CCC(=O)N2Cc2ccc(Cl)c(Cl)c2)C(=O)O)cc1)c1ccccc1. The number of hydrogen-bond donors (Lipinski definition) is 3. The summed E-state index contributed by atoms with van der Waals surface area (Å²) in [5.74, 6) is -2.18. The Labute approximate surface area is 229 Å². The smallest absolute Gasteiger partial charge is 0.326 e. The predicted molar refractivity (Wildman–Crippen MR) is 144 cm³/mol. The van der Waals surface area contributed by atoms with Crippen LogP contribution in [0.2, 0.25) is 10.0 Å². The summed E-state index contributed by atoms with van der Waals surface area (Å²) in [6, 6.07) is 18.5. The summed E-state index contributed by atoms with van der Waals surface area (Å²) >= 11 is 12.0. The van der Waals surface area contributed by atoms with Gasteiger partial charge in [0.2, 0.25) is 11.8 Å². The number of nitrogens with one attached hydrogen (secondary N) is 2. The molecule has 8 nitrogen and oxygen atoms in total. The lowest BCUT2D eigenvalue weighted by Gasteiger charge is -2.26. The molecule has 3 amide bonds. The van der Waals surface area contributed by atoms with Gasteiger partial charge in [0.25, 0.3) is 5.91 Å². The van der Waals surface area contributed by atoms with Gasteiger partial charge in [-0.2, -0.15) is 0 Å². The van der Waals surface area contributed by atoms with E-state index in [0.29, 0.717) is 32.4 Å². The molecule has 4 rings (SSSR count). The number of rotatable bonds is 9. The molecule has 0 aliphatic carbocycles. The average molecular weight is 554 g/mol. The van der Waals surface area contributed by atoms with Gasteiger partial charge in [-0.3, -0.25) is 14.4 Å². The van der Waals surface area contributed by atoms with Crippen molar-refractivity contribution in [2.75, 3.05) is 5.32 Å². The minimum absolute atomic E-state index is 0.0292. The summed E-state index contributed by atoms with van der Waals surface area (Å²) in [7, 11) is 0. The fourth-order valence-corrected chi connectivity index (χ4v) is 4.58. The maximum Gasteiger partial charge on any atom is 0.326 e. The molecule has 196 valence electrons. The molecule has 1 fully saturated rings. The van der Waals surface area contributed by atoms with Crippen molar-refractivity contribution in [3.63, 3.8) is 0 Å². The average Bonchev–Trinajstić information content (AvgIpc) is 3.27. The van der Waals surface area contributed by atoms with E-state index in [0.717, 1.165) is 0 Å². The molecule has 1 aliphatic rings. The highest BCUT2D eigenvalue weighted by Gasteiger charge is 2.37. The number of carbonyl (C=O) groups is 4. The molecule has 3 aromatic rings. The fourth-order valence-electron chi connectivity index (χ4n) is 4.26. The molecule has 2 atom stereocenters. The first kappa shape index (κ1) is 27.2. The number of anilines is 1. The third kappa shape index (κ3) is 6.70. The van der Waals surface area contributed by atoms with Gasteiger partial charge in [-0.25, -0.2) is 4.79 Å². The van der Waals surface area contributed by atoms with Crippen molar-refractivity contribution in [1.29, 1.82) is 0 Å². The van der Waals surface area contributed by atoms with Gasteiger partial charge in [0.05, 0.1) is 10.0 Å². The molecule has 10 heteroatoms. The highest BCUT2D eigenvalue weighted by molar-refractivity contribution is 6.42. The molecule has 38 heavy (non-hydrogen) atoms. The quantitative estimate of drug-likeness (QED) is 0.359. The van der Waals surface area contributed by atoms with Crippen molar-refractivity contribution < 1.29 is 24.3 Å². The minimum atomic E-state index is -1.20. The lowest BCUT2D eigenvalue weighted by molar-refractivity contribution is -0.143. The lowest BCUT2D eigenvalue weighted by atomic mass is 10.0. The normalized spacial score (nSPS) is 15.7.